The van der Waals surface area contributed by atoms with Gasteiger partial charge in [0.05, 0.1) is 6.17 Å². The molecule has 3 saturated heterocycles. The Labute approximate surface area is 180 Å². The van der Waals surface area contributed by atoms with Gasteiger partial charge in [0, 0.05) is 62.1 Å². The quantitative estimate of drug-likeness (QED) is 0.641. The second-order valence-electron chi connectivity index (χ2n) is 10.3. The van der Waals surface area contributed by atoms with Crippen LogP contribution in [0.2, 0.25) is 0 Å². The number of likely N-dealkylation sites (N-methyl/N-ethyl adjacent to an activating group) is 1. The summed E-state index contributed by atoms with van der Waals surface area (Å²) < 4.78 is 0. The molecule has 0 aromatic heterocycles. The number of hydrazine groups is 1. The Hall–Kier alpha value is 0.280. The van der Waals surface area contributed by atoms with E-state index in [9.17, 15) is 0 Å². The van der Waals surface area contributed by atoms with Crippen molar-refractivity contribution in [1.82, 2.24) is 25.6 Å². The maximum atomic E-state index is 4.10. The summed E-state index contributed by atoms with van der Waals surface area (Å²) in [7, 11) is 2.27. The molecule has 5 nitrogen and oxygen atoms in total. The van der Waals surface area contributed by atoms with Gasteiger partial charge in [-0.2, -0.15) is 0 Å². The lowest BCUT2D eigenvalue weighted by Gasteiger charge is -2.48. The molecular weight excluding hydrogens is 414 g/mol. The molecule has 5 aliphatic rings. The monoisotopic (exact) mass is 453 g/mol. The third kappa shape index (κ3) is 4.06. The molecule has 0 aromatic carbocycles. The van der Waals surface area contributed by atoms with Crippen molar-refractivity contribution in [3.8, 4) is 0 Å². The molecule has 3 aliphatic heterocycles. The fraction of sp³-hybridized carbons (Fsp3) is 1.00. The van der Waals surface area contributed by atoms with Crippen molar-refractivity contribution >= 4 is 15.9 Å². The fourth-order valence-electron chi connectivity index (χ4n) is 6.90. The third-order valence-corrected chi connectivity index (χ3v) is 9.37. The van der Waals surface area contributed by atoms with Crippen LogP contribution in [-0.2, 0) is 0 Å². The molecule has 5 fully saturated rings. The van der Waals surface area contributed by atoms with E-state index in [-0.39, 0.29) is 0 Å². The summed E-state index contributed by atoms with van der Waals surface area (Å²) in [6.07, 6.45) is 11.8. The second-order valence-corrected chi connectivity index (χ2v) is 11.6. The Morgan fingerprint density at radius 2 is 1.75 bits per heavy atom. The molecule has 0 bridgehead atoms. The van der Waals surface area contributed by atoms with Gasteiger partial charge in [-0.15, -0.1) is 0 Å². The number of alkyl halides is 1. The minimum atomic E-state index is 0.551. The van der Waals surface area contributed by atoms with E-state index < -0.39 is 0 Å². The van der Waals surface area contributed by atoms with Crippen LogP contribution in [0.4, 0.5) is 0 Å². The predicted octanol–water partition coefficient (Wildman–Crippen LogP) is 2.48. The van der Waals surface area contributed by atoms with Gasteiger partial charge in [-0.3, -0.25) is 4.90 Å². The average Bonchev–Trinajstić information content (AvgIpc) is 3.08. The van der Waals surface area contributed by atoms with E-state index in [4.69, 9.17) is 0 Å². The minimum absolute atomic E-state index is 0.551. The molecule has 0 aromatic rings. The Bertz CT molecular complexity index is 519. The van der Waals surface area contributed by atoms with Crippen molar-refractivity contribution in [3.05, 3.63) is 0 Å². The first-order chi connectivity index (χ1) is 13.7. The highest BCUT2D eigenvalue weighted by atomic mass is 79.9. The van der Waals surface area contributed by atoms with E-state index in [1.54, 1.807) is 0 Å². The Balaban J connectivity index is 1.35. The fourth-order valence-corrected chi connectivity index (χ4v) is 7.60. The molecule has 160 valence electrons. The van der Waals surface area contributed by atoms with Gasteiger partial charge in [0.2, 0.25) is 0 Å². The van der Waals surface area contributed by atoms with Gasteiger partial charge < -0.3 is 10.2 Å². The van der Waals surface area contributed by atoms with Crippen LogP contribution in [0, 0.1) is 17.8 Å². The zero-order chi connectivity index (χ0) is 19.1. The van der Waals surface area contributed by atoms with Gasteiger partial charge in [0.1, 0.15) is 0 Å². The number of piperidine rings is 1. The summed E-state index contributed by atoms with van der Waals surface area (Å²) in [4.78, 5) is 6.00. The first-order valence-electron chi connectivity index (χ1n) is 12.0. The zero-order valence-corrected chi connectivity index (χ0v) is 19.2. The average molecular weight is 455 g/mol. The predicted molar refractivity (Wildman–Crippen MR) is 118 cm³/mol. The maximum absolute atomic E-state index is 4.10. The summed E-state index contributed by atoms with van der Waals surface area (Å²) >= 11 is 3.98. The number of nitrogens with one attached hydrogen (secondary N) is 2. The molecule has 0 radical (unpaired) electrons. The standard InChI is InChI=1S/C22H40BrN5/c1-26-9-11-27(12-10-26)22-21-18-13-17(23)7-8-19(18)24-14-20(21)28(25-22)15-16-5-3-2-4-6-16/h16-22,24-25H,2-15H2,1H3. The highest BCUT2D eigenvalue weighted by molar-refractivity contribution is 9.09. The van der Waals surface area contributed by atoms with E-state index in [0.29, 0.717) is 12.2 Å². The Kier molecular flexibility index (Phi) is 6.35. The summed E-state index contributed by atoms with van der Waals surface area (Å²) in [6.45, 7) is 7.32. The van der Waals surface area contributed by atoms with Gasteiger partial charge in [-0.05, 0) is 51.0 Å². The number of piperazine rings is 1. The molecule has 6 heteroatoms. The number of hydrogen-bond acceptors (Lipinski definition) is 5. The molecular formula is C22H40BrN5. The van der Waals surface area contributed by atoms with Crippen LogP contribution < -0.4 is 10.7 Å². The number of fused-ring (bicyclic) bond motifs is 3. The summed E-state index contributed by atoms with van der Waals surface area (Å²) in [5, 5.41) is 6.69. The van der Waals surface area contributed by atoms with Crippen LogP contribution >= 0.6 is 15.9 Å². The summed E-state index contributed by atoms with van der Waals surface area (Å²) in [5.74, 6) is 2.49. The maximum Gasteiger partial charge on any atom is 0.0780 e. The largest absolute Gasteiger partial charge is 0.312 e. The number of nitrogens with zero attached hydrogens (tertiary/aromatic N) is 3. The lowest BCUT2D eigenvalue weighted by Crippen LogP contribution is -2.61. The first kappa shape index (κ1) is 20.2. The van der Waals surface area contributed by atoms with E-state index in [2.05, 4.69) is 48.5 Å². The highest BCUT2D eigenvalue weighted by Crippen LogP contribution is 2.44. The SMILES string of the molecule is CN1CCN(C2NN(CC3CCCCC3)C3CNC4CCC(Br)CC4C23)CC1. The number of hydrogen-bond donors (Lipinski definition) is 2. The van der Waals surface area contributed by atoms with Crippen molar-refractivity contribution < 1.29 is 0 Å². The molecule has 2 aliphatic carbocycles. The van der Waals surface area contributed by atoms with E-state index in [0.717, 1.165) is 28.6 Å². The van der Waals surface area contributed by atoms with Crippen LogP contribution in [0.15, 0.2) is 0 Å². The summed E-state index contributed by atoms with van der Waals surface area (Å²) in [6, 6.07) is 1.41. The van der Waals surface area contributed by atoms with E-state index in [1.165, 1.54) is 90.6 Å². The van der Waals surface area contributed by atoms with Crippen LogP contribution in [-0.4, -0.2) is 84.2 Å². The van der Waals surface area contributed by atoms with Crippen LogP contribution in [0.5, 0.6) is 0 Å². The molecule has 6 unspecified atom stereocenters. The molecule has 2 saturated carbocycles. The van der Waals surface area contributed by atoms with Crippen molar-refractivity contribution in [2.24, 2.45) is 17.8 Å². The summed E-state index contributed by atoms with van der Waals surface area (Å²) in [5.41, 5.74) is 4.10. The van der Waals surface area contributed by atoms with Gasteiger partial charge in [-0.25, -0.2) is 10.4 Å². The zero-order valence-electron chi connectivity index (χ0n) is 17.7. The van der Waals surface area contributed by atoms with Gasteiger partial charge in [0.15, 0.2) is 0 Å². The van der Waals surface area contributed by atoms with E-state index in [1.807, 2.05) is 0 Å². The normalized spacial score (nSPS) is 44.4. The molecule has 6 atom stereocenters. The smallest absolute Gasteiger partial charge is 0.0780 e. The van der Waals surface area contributed by atoms with Crippen molar-refractivity contribution in [2.75, 3.05) is 46.3 Å². The van der Waals surface area contributed by atoms with Crippen molar-refractivity contribution in [2.45, 2.75) is 74.4 Å². The Morgan fingerprint density at radius 3 is 2.54 bits per heavy atom. The van der Waals surface area contributed by atoms with Gasteiger partial charge in [-0.1, -0.05) is 35.2 Å². The molecule has 0 amide bonds. The van der Waals surface area contributed by atoms with Gasteiger partial charge in [0.25, 0.3) is 0 Å². The molecule has 5 rings (SSSR count). The van der Waals surface area contributed by atoms with Crippen molar-refractivity contribution in [3.63, 3.8) is 0 Å². The Morgan fingerprint density at radius 1 is 0.964 bits per heavy atom. The highest BCUT2D eigenvalue weighted by Gasteiger charge is 2.53. The van der Waals surface area contributed by atoms with Crippen LogP contribution in [0.3, 0.4) is 0 Å². The van der Waals surface area contributed by atoms with E-state index >= 15 is 0 Å². The molecule has 2 N–H and O–H groups in total. The topological polar surface area (TPSA) is 33.8 Å². The number of halogens is 1. The van der Waals surface area contributed by atoms with Crippen molar-refractivity contribution in [1.29, 1.82) is 0 Å². The molecule has 28 heavy (non-hydrogen) atoms. The second kappa shape index (κ2) is 8.80. The molecule has 0 spiro atoms. The van der Waals surface area contributed by atoms with Crippen LogP contribution in [0.25, 0.3) is 0 Å². The molecule has 3 heterocycles. The third-order valence-electron chi connectivity index (χ3n) is 8.54. The van der Waals surface area contributed by atoms with Crippen LogP contribution in [0.1, 0.15) is 51.4 Å². The lowest BCUT2D eigenvalue weighted by molar-refractivity contribution is 0.0330. The first-order valence-corrected chi connectivity index (χ1v) is 12.9. The minimum Gasteiger partial charge on any atom is -0.312 e. The van der Waals surface area contributed by atoms with Gasteiger partial charge >= 0.3 is 0 Å². The lowest BCUT2D eigenvalue weighted by atomic mass is 9.70. The number of rotatable bonds is 3.